The summed E-state index contributed by atoms with van der Waals surface area (Å²) in [4.78, 5) is 14.2. The van der Waals surface area contributed by atoms with Crippen LogP contribution in [0.2, 0.25) is 0 Å². The van der Waals surface area contributed by atoms with Crippen LogP contribution in [0.4, 0.5) is 0 Å². The molecule has 1 saturated carbocycles. The third-order valence-electron chi connectivity index (χ3n) is 4.72. The van der Waals surface area contributed by atoms with Crippen molar-refractivity contribution in [2.45, 2.75) is 44.1 Å². The third kappa shape index (κ3) is 3.23. The topological polar surface area (TPSA) is 44.4 Å². The highest BCUT2D eigenvalue weighted by Gasteiger charge is 2.39. The summed E-state index contributed by atoms with van der Waals surface area (Å²) in [6.45, 7) is 2.94. The van der Waals surface area contributed by atoms with Gasteiger partial charge in [0.15, 0.2) is 0 Å². The van der Waals surface area contributed by atoms with E-state index in [0.29, 0.717) is 12.3 Å². The molecule has 2 rings (SSSR count). The Balaban J connectivity index is 1.70. The molecule has 2 aliphatic rings. The van der Waals surface area contributed by atoms with Crippen LogP contribution < -0.4 is 10.6 Å². The number of likely N-dealkylation sites (N-methyl/N-ethyl adjacent to an activating group) is 1. The van der Waals surface area contributed by atoms with E-state index in [1.165, 1.54) is 32.1 Å². The Morgan fingerprint density at radius 1 is 1.39 bits per heavy atom. The normalized spacial score (nSPS) is 26.7. The van der Waals surface area contributed by atoms with Crippen molar-refractivity contribution in [3.8, 4) is 0 Å². The molecule has 0 spiro atoms. The third-order valence-corrected chi connectivity index (χ3v) is 4.72. The van der Waals surface area contributed by atoms with E-state index < -0.39 is 0 Å². The van der Waals surface area contributed by atoms with Gasteiger partial charge in [-0.15, -0.1) is 0 Å². The number of hydrogen-bond donors (Lipinski definition) is 2. The summed E-state index contributed by atoms with van der Waals surface area (Å²) in [7, 11) is 4.24. The largest absolute Gasteiger partial charge is 0.354 e. The van der Waals surface area contributed by atoms with Gasteiger partial charge in [-0.1, -0.05) is 0 Å². The van der Waals surface area contributed by atoms with Gasteiger partial charge in [-0.25, -0.2) is 0 Å². The fraction of sp³-hybridized carbons (Fsp3) is 0.929. The molecule has 1 heterocycles. The quantitative estimate of drug-likeness (QED) is 0.767. The first-order valence-electron chi connectivity index (χ1n) is 7.27. The summed E-state index contributed by atoms with van der Waals surface area (Å²) in [5.41, 5.74) is 0.237. The van der Waals surface area contributed by atoms with Crippen molar-refractivity contribution in [1.29, 1.82) is 0 Å². The predicted octanol–water partition coefficient (Wildman–Crippen LogP) is 0.977. The first-order valence-corrected chi connectivity index (χ1v) is 7.27. The van der Waals surface area contributed by atoms with Crippen molar-refractivity contribution in [2.75, 3.05) is 33.7 Å². The summed E-state index contributed by atoms with van der Waals surface area (Å²) < 4.78 is 0. The van der Waals surface area contributed by atoms with Crippen LogP contribution in [0.15, 0.2) is 0 Å². The molecular weight excluding hydrogens is 226 g/mol. The Bertz CT molecular complexity index is 281. The van der Waals surface area contributed by atoms with Crippen molar-refractivity contribution in [3.63, 3.8) is 0 Å². The van der Waals surface area contributed by atoms with Gasteiger partial charge in [0, 0.05) is 18.5 Å². The zero-order valence-corrected chi connectivity index (χ0v) is 11.8. The number of hydrogen-bond acceptors (Lipinski definition) is 3. The van der Waals surface area contributed by atoms with Gasteiger partial charge in [-0.05, 0) is 65.2 Å². The van der Waals surface area contributed by atoms with Crippen LogP contribution in [0.25, 0.3) is 0 Å². The predicted molar refractivity (Wildman–Crippen MR) is 73.5 cm³/mol. The van der Waals surface area contributed by atoms with Crippen LogP contribution in [0.5, 0.6) is 0 Å². The van der Waals surface area contributed by atoms with E-state index in [2.05, 4.69) is 29.6 Å². The lowest BCUT2D eigenvalue weighted by molar-refractivity contribution is -0.123. The highest BCUT2D eigenvalue weighted by atomic mass is 16.1. The molecule has 1 atom stereocenters. The highest BCUT2D eigenvalue weighted by Crippen LogP contribution is 2.35. The van der Waals surface area contributed by atoms with Crippen LogP contribution in [-0.2, 0) is 4.79 Å². The monoisotopic (exact) mass is 253 g/mol. The molecule has 0 aromatic heterocycles. The maximum absolute atomic E-state index is 12.0. The van der Waals surface area contributed by atoms with E-state index in [-0.39, 0.29) is 11.4 Å². The summed E-state index contributed by atoms with van der Waals surface area (Å²) in [5.74, 6) is 0.771. The second-order valence-corrected chi connectivity index (χ2v) is 6.17. The van der Waals surface area contributed by atoms with Crippen LogP contribution >= 0.6 is 0 Å². The van der Waals surface area contributed by atoms with E-state index >= 15 is 0 Å². The number of nitrogens with one attached hydrogen (secondary N) is 2. The standard InChI is InChI=1S/C14H27N3O/c1-17(2)14(6-4-7-14)11-16-13(18)9-12-5-3-8-15-10-12/h12,15H,3-11H2,1-2H3,(H,16,18). The van der Waals surface area contributed by atoms with Gasteiger partial charge >= 0.3 is 0 Å². The van der Waals surface area contributed by atoms with Gasteiger partial charge in [0.1, 0.15) is 0 Å². The second kappa shape index (κ2) is 6.02. The van der Waals surface area contributed by atoms with E-state index in [4.69, 9.17) is 0 Å². The van der Waals surface area contributed by atoms with Crippen molar-refractivity contribution < 1.29 is 4.79 Å². The molecule has 18 heavy (non-hydrogen) atoms. The van der Waals surface area contributed by atoms with Crippen molar-refractivity contribution in [3.05, 3.63) is 0 Å². The molecule has 0 aromatic rings. The molecule has 1 amide bonds. The smallest absolute Gasteiger partial charge is 0.220 e. The summed E-state index contributed by atoms with van der Waals surface area (Å²) in [6.07, 6.45) is 6.81. The molecule has 4 heteroatoms. The van der Waals surface area contributed by atoms with Crippen molar-refractivity contribution in [1.82, 2.24) is 15.5 Å². The highest BCUT2D eigenvalue weighted by molar-refractivity contribution is 5.76. The Kier molecular flexibility index (Phi) is 4.62. The molecule has 2 fully saturated rings. The molecular formula is C14H27N3O. The van der Waals surface area contributed by atoms with Crippen LogP contribution in [0, 0.1) is 5.92 Å². The van der Waals surface area contributed by atoms with Crippen LogP contribution in [0.1, 0.15) is 38.5 Å². The zero-order chi connectivity index (χ0) is 13.0. The average Bonchev–Trinajstić information content (AvgIpc) is 2.28. The average molecular weight is 253 g/mol. The number of rotatable bonds is 5. The minimum atomic E-state index is 0.233. The molecule has 1 aliphatic carbocycles. The molecule has 104 valence electrons. The van der Waals surface area contributed by atoms with Gasteiger partial charge in [-0.2, -0.15) is 0 Å². The fourth-order valence-electron chi connectivity index (χ4n) is 3.06. The fourth-order valence-corrected chi connectivity index (χ4v) is 3.06. The molecule has 0 bridgehead atoms. The van der Waals surface area contributed by atoms with E-state index in [0.717, 1.165) is 19.6 Å². The minimum Gasteiger partial charge on any atom is -0.354 e. The van der Waals surface area contributed by atoms with Gasteiger partial charge in [0.25, 0.3) is 0 Å². The number of nitrogens with zero attached hydrogens (tertiary/aromatic N) is 1. The Hall–Kier alpha value is -0.610. The first-order chi connectivity index (χ1) is 8.62. The SMILES string of the molecule is CN(C)C1(CNC(=O)CC2CCCNC2)CCC1. The number of amides is 1. The first kappa shape index (κ1) is 13.8. The molecule has 0 aromatic carbocycles. The van der Waals surface area contributed by atoms with Gasteiger partial charge < -0.3 is 15.5 Å². The van der Waals surface area contributed by atoms with Crippen molar-refractivity contribution in [2.24, 2.45) is 5.92 Å². The summed E-state index contributed by atoms with van der Waals surface area (Å²) in [6, 6.07) is 0. The lowest BCUT2D eigenvalue weighted by Gasteiger charge is -2.47. The van der Waals surface area contributed by atoms with Crippen LogP contribution in [-0.4, -0.2) is 50.1 Å². The molecule has 0 radical (unpaired) electrons. The molecule has 1 aliphatic heterocycles. The maximum Gasteiger partial charge on any atom is 0.220 e. The molecule has 2 N–H and O–H groups in total. The van der Waals surface area contributed by atoms with Crippen LogP contribution in [0.3, 0.4) is 0 Å². The zero-order valence-electron chi connectivity index (χ0n) is 11.8. The number of carbonyl (C=O) groups is 1. The van der Waals surface area contributed by atoms with Gasteiger partial charge in [0.2, 0.25) is 5.91 Å². The molecule has 1 saturated heterocycles. The number of carbonyl (C=O) groups excluding carboxylic acids is 1. The Morgan fingerprint density at radius 3 is 2.67 bits per heavy atom. The van der Waals surface area contributed by atoms with Crippen molar-refractivity contribution >= 4 is 5.91 Å². The van der Waals surface area contributed by atoms with E-state index in [1.807, 2.05) is 0 Å². The molecule has 4 nitrogen and oxygen atoms in total. The van der Waals surface area contributed by atoms with E-state index in [9.17, 15) is 4.79 Å². The van der Waals surface area contributed by atoms with E-state index in [1.54, 1.807) is 0 Å². The maximum atomic E-state index is 12.0. The second-order valence-electron chi connectivity index (χ2n) is 6.17. The van der Waals surface area contributed by atoms with Gasteiger partial charge in [0.05, 0.1) is 0 Å². The minimum absolute atomic E-state index is 0.233. The number of piperidine rings is 1. The Labute approximate surface area is 110 Å². The molecule has 1 unspecified atom stereocenters. The lowest BCUT2D eigenvalue weighted by Crippen LogP contribution is -2.57. The van der Waals surface area contributed by atoms with Gasteiger partial charge in [-0.3, -0.25) is 4.79 Å². The lowest BCUT2D eigenvalue weighted by atomic mass is 9.75. The Morgan fingerprint density at radius 2 is 2.17 bits per heavy atom. The summed E-state index contributed by atoms with van der Waals surface area (Å²) >= 11 is 0. The summed E-state index contributed by atoms with van der Waals surface area (Å²) in [5, 5.41) is 6.51.